The average Bonchev–Trinajstić information content (AvgIpc) is 2.52. The zero-order valence-corrected chi connectivity index (χ0v) is 13.6. The van der Waals surface area contributed by atoms with Crippen molar-refractivity contribution in [2.75, 3.05) is 33.0 Å². The molecule has 0 saturated heterocycles. The minimum atomic E-state index is -0.0129. The number of ketones is 2. The van der Waals surface area contributed by atoms with E-state index in [1.54, 1.807) is 0 Å². The summed E-state index contributed by atoms with van der Waals surface area (Å²) >= 11 is 0. The molecule has 0 aromatic carbocycles. The van der Waals surface area contributed by atoms with Crippen LogP contribution in [0.4, 0.5) is 0 Å². The van der Waals surface area contributed by atoms with Gasteiger partial charge in [-0.1, -0.05) is 13.2 Å². The molecule has 126 valence electrons. The van der Waals surface area contributed by atoms with Crippen LogP contribution in [0.25, 0.3) is 0 Å². The van der Waals surface area contributed by atoms with Gasteiger partial charge in [0, 0.05) is 26.1 Å². The zero-order valence-electron chi connectivity index (χ0n) is 13.6. The lowest BCUT2D eigenvalue weighted by Crippen LogP contribution is -2.19. The maximum absolute atomic E-state index is 11.0. The van der Waals surface area contributed by atoms with Crippen molar-refractivity contribution < 1.29 is 23.8 Å². The first-order valence-corrected chi connectivity index (χ1v) is 7.67. The van der Waals surface area contributed by atoms with Gasteiger partial charge in [-0.15, -0.1) is 0 Å². The normalized spacial score (nSPS) is 11.9. The van der Waals surface area contributed by atoms with E-state index in [-0.39, 0.29) is 17.7 Å². The van der Waals surface area contributed by atoms with Crippen molar-refractivity contribution in [2.45, 2.75) is 38.7 Å². The predicted molar refractivity (Wildman–Crippen MR) is 85.9 cm³/mol. The number of carbonyl (C=O) groups excluding carboxylic acids is 2. The second-order valence-corrected chi connectivity index (χ2v) is 4.92. The van der Waals surface area contributed by atoms with Crippen molar-refractivity contribution >= 4 is 11.6 Å². The van der Waals surface area contributed by atoms with E-state index >= 15 is 0 Å². The highest BCUT2D eigenvalue weighted by Crippen LogP contribution is 1.97. The van der Waals surface area contributed by atoms with Crippen LogP contribution in [0.5, 0.6) is 0 Å². The van der Waals surface area contributed by atoms with E-state index in [0.29, 0.717) is 58.7 Å². The lowest BCUT2D eigenvalue weighted by Gasteiger charge is -2.13. The molecule has 5 heteroatoms. The summed E-state index contributed by atoms with van der Waals surface area (Å²) in [6.07, 6.45) is 5.00. The Bertz CT molecular complexity index is 338. The second-order valence-electron chi connectivity index (χ2n) is 4.92. The van der Waals surface area contributed by atoms with Crippen LogP contribution in [0, 0.1) is 0 Å². The summed E-state index contributed by atoms with van der Waals surface area (Å²) in [5, 5.41) is 0. The number of rotatable bonds is 16. The van der Waals surface area contributed by atoms with E-state index in [2.05, 4.69) is 13.2 Å². The Hall–Kier alpha value is -1.30. The van der Waals surface area contributed by atoms with Crippen LogP contribution in [0.3, 0.4) is 0 Å². The summed E-state index contributed by atoms with van der Waals surface area (Å²) in [5.41, 5.74) is 0. The molecule has 0 aromatic heterocycles. The first kappa shape index (κ1) is 20.7. The smallest absolute Gasteiger partial charge is 0.155 e. The number of ether oxygens (including phenoxy) is 3. The Morgan fingerprint density at radius 3 is 2.00 bits per heavy atom. The van der Waals surface area contributed by atoms with Crippen LogP contribution in [0.2, 0.25) is 0 Å². The highest BCUT2D eigenvalue weighted by atomic mass is 16.5. The molecule has 0 aliphatic rings. The Kier molecular flexibility index (Phi) is 13.8. The molecule has 0 bridgehead atoms. The molecular weight excluding hydrogens is 284 g/mol. The van der Waals surface area contributed by atoms with Crippen LogP contribution in [0.15, 0.2) is 25.3 Å². The van der Waals surface area contributed by atoms with Crippen LogP contribution in [0.1, 0.15) is 32.6 Å². The molecule has 0 heterocycles. The summed E-state index contributed by atoms with van der Waals surface area (Å²) in [6, 6.07) is 0. The van der Waals surface area contributed by atoms with Gasteiger partial charge in [0.05, 0.1) is 25.9 Å². The maximum Gasteiger partial charge on any atom is 0.155 e. The van der Waals surface area contributed by atoms with Gasteiger partial charge in [0.25, 0.3) is 0 Å². The molecule has 0 aromatic rings. The highest BCUT2D eigenvalue weighted by Gasteiger charge is 2.03. The number of carbonyl (C=O) groups is 2. The second kappa shape index (κ2) is 14.6. The zero-order chi connectivity index (χ0) is 16.6. The fraction of sp³-hybridized carbons (Fsp3) is 0.647. The van der Waals surface area contributed by atoms with Crippen LogP contribution < -0.4 is 0 Å². The van der Waals surface area contributed by atoms with Crippen molar-refractivity contribution in [1.82, 2.24) is 0 Å². The fourth-order valence-corrected chi connectivity index (χ4v) is 1.61. The van der Waals surface area contributed by atoms with E-state index in [1.807, 2.05) is 6.92 Å². The number of hydrogen-bond donors (Lipinski definition) is 0. The monoisotopic (exact) mass is 312 g/mol. The number of hydrogen-bond acceptors (Lipinski definition) is 5. The van der Waals surface area contributed by atoms with Gasteiger partial charge >= 0.3 is 0 Å². The highest BCUT2D eigenvalue weighted by molar-refractivity contribution is 5.89. The van der Waals surface area contributed by atoms with Crippen molar-refractivity contribution in [2.24, 2.45) is 0 Å². The summed E-state index contributed by atoms with van der Waals surface area (Å²) < 4.78 is 16.3. The third-order valence-electron chi connectivity index (χ3n) is 2.86. The van der Waals surface area contributed by atoms with Crippen LogP contribution in [-0.4, -0.2) is 50.7 Å². The molecule has 0 spiro atoms. The number of allylic oxidation sites excluding steroid dienone is 2. The molecule has 0 amide bonds. The summed E-state index contributed by atoms with van der Waals surface area (Å²) in [6.45, 7) is 11.3. The Balaban J connectivity index is 3.30. The quantitative estimate of drug-likeness (QED) is 0.324. The van der Waals surface area contributed by atoms with Gasteiger partial charge in [-0.25, -0.2) is 0 Å². The first-order chi connectivity index (χ1) is 10.6. The van der Waals surface area contributed by atoms with E-state index < -0.39 is 0 Å². The molecule has 0 radical (unpaired) electrons. The molecule has 0 aliphatic carbocycles. The van der Waals surface area contributed by atoms with E-state index in [0.717, 1.165) is 0 Å². The molecule has 0 aliphatic heterocycles. The third kappa shape index (κ3) is 13.7. The molecule has 1 unspecified atom stereocenters. The molecular formula is C17H28O5. The summed E-state index contributed by atoms with van der Waals surface area (Å²) in [4.78, 5) is 21.9. The first-order valence-electron chi connectivity index (χ1n) is 7.67. The predicted octanol–water partition coefficient (Wildman–Crippen LogP) is 2.50. The van der Waals surface area contributed by atoms with E-state index in [9.17, 15) is 9.59 Å². The average molecular weight is 312 g/mol. The SMILES string of the molecule is C=CC(=O)CCCOCCOC(C)COCCCC(=O)C=C. The maximum atomic E-state index is 11.0. The van der Waals surface area contributed by atoms with Crippen molar-refractivity contribution in [3.05, 3.63) is 25.3 Å². The van der Waals surface area contributed by atoms with Gasteiger partial charge in [-0.3, -0.25) is 9.59 Å². The Labute approximate surface area is 133 Å². The summed E-state index contributed by atoms with van der Waals surface area (Å²) in [7, 11) is 0. The van der Waals surface area contributed by atoms with Crippen molar-refractivity contribution in [3.8, 4) is 0 Å². The van der Waals surface area contributed by atoms with Crippen molar-refractivity contribution in [3.63, 3.8) is 0 Å². The molecule has 0 N–H and O–H groups in total. The third-order valence-corrected chi connectivity index (χ3v) is 2.86. The molecule has 5 nitrogen and oxygen atoms in total. The Morgan fingerprint density at radius 2 is 1.45 bits per heavy atom. The Morgan fingerprint density at radius 1 is 0.909 bits per heavy atom. The van der Waals surface area contributed by atoms with Crippen molar-refractivity contribution in [1.29, 1.82) is 0 Å². The lowest BCUT2D eigenvalue weighted by atomic mass is 10.2. The largest absolute Gasteiger partial charge is 0.379 e. The topological polar surface area (TPSA) is 61.8 Å². The molecule has 0 rings (SSSR count). The standard InChI is InChI=1S/C17H28O5/c1-4-16(18)8-6-10-20-12-13-22-15(3)14-21-11-7-9-17(19)5-2/h4-5,15H,1-2,6-14H2,3H3. The van der Waals surface area contributed by atoms with Crippen LogP contribution in [-0.2, 0) is 23.8 Å². The fourth-order valence-electron chi connectivity index (χ4n) is 1.61. The molecule has 0 fully saturated rings. The van der Waals surface area contributed by atoms with Crippen LogP contribution >= 0.6 is 0 Å². The van der Waals surface area contributed by atoms with Gasteiger partial charge in [-0.2, -0.15) is 0 Å². The lowest BCUT2D eigenvalue weighted by molar-refractivity contribution is -0.115. The molecule has 22 heavy (non-hydrogen) atoms. The summed E-state index contributed by atoms with van der Waals surface area (Å²) in [5.74, 6) is 0.0836. The van der Waals surface area contributed by atoms with Gasteiger partial charge in [0.2, 0.25) is 0 Å². The van der Waals surface area contributed by atoms with Gasteiger partial charge in [0.1, 0.15) is 0 Å². The minimum absolute atomic E-state index is 0.0129. The molecule has 0 saturated carbocycles. The van der Waals surface area contributed by atoms with Gasteiger partial charge in [-0.05, 0) is 31.9 Å². The minimum Gasteiger partial charge on any atom is -0.379 e. The van der Waals surface area contributed by atoms with Gasteiger partial charge in [0.15, 0.2) is 11.6 Å². The van der Waals surface area contributed by atoms with Gasteiger partial charge < -0.3 is 14.2 Å². The van der Waals surface area contributed by atoms with E-state index in [4.69, 9.17) is 14.2 Å². The van der Waals surface area contributed by atoms with E-state index in [1.165, 1.54) is 12.2 Å². The molecule has 1 atom stereocenters.